The number of hydrogen-bond acceptors (Lipinski definition) is 3. The Morgan fingerprint density at radius 1 is 1.12 bits per heavy atom. The predicted molar refractivity (Wildman–Crippen MR) is 96.4 cm³/mol. The minimum atomic E-state index is -0.556. The minimum absolute atomic E-state index is 0.534. The summed E-state index contributed by atoms with van der Waals surface area (Å²) in [5.41, 5.74) is 4.42. The summed E-state index contributed by atoms with van der Waals surface area (Å²) in [6.07, 6.45) is 0.0838. The van der Waals surface area contributed by atoms with Crippen LogP contribution < -0.4 is 4.74 Å². The van der Waals surface area contributed by atoms with E-state index in [1.165, 1.54) is 11.1 Å². The molecule has 1 aromatic heterocycles. The summed E-state index contributed by atoms with van der Waals surface area (Å²) in [6, 6.07) is 14.1. The molecule has 1 atom stereocenters. The van der Waals surface area contributed by atoms with Crippen molar-refractivity contribution in [3.8, 4) is 5.75 Å². The molecule has 3 aromatic rings. The van der Waals surface area contributed by atoms with Gasteiger partial charge < -0.3 is 14.4 Å². The normalized spacial score (nSPS) is 12.5. The summed E-state index contributed by atoms with van der Waals surface area (Å²) in [5, 5.41) is 10.3. The van der Waals surface area contributed by atoms with E-state index in [1.54, 1.807) is 0 Å². The van der Waals surface area contributed by atoms with E-state index in [0.717, 1.165) is 16.8 Å². The molecular weight excluding hydrogens is 300 g/mol. The van der Waals surface area contributed by atoms with E-state index in [1.807, 2.05) is 37.3 Å². The van der Waals surface area contributed by atoms with Gasteiger partial charge in [-0.3, -0.25) is 0 Å². The molecule has 0 fully saturated rings. The SMILES string of the molecule is CC[C@@H](O)c1nc2ccccc2n1CCOc1ccc(C)c(C)c1. The molecule has 0 spiro atoms. The zero-order valence-electron chi connectivity index (χ0n) is 14.5. The second-order valence-corrected chi connectivity index (χ2v) is 6.13. The predicted octanol–water partition coefficient (Wildman–Crippen LogP) is 4.18. The Morgan fingerprint density at radius 2 is 1.92 bits per heavy atom. The van der Waals surface area contributed by atoms with Crippen LogP contribution in [0.2, 0.25) is 0 Å². The number of rotatable bonds is 6. The highest BCUT2D eigenvalue weighted by atomic mass is 16.5. The van der Waals surface area contributed by atoms with Crippen LogP contribution in [0.1, 0.15) is 36.4 Å². The molecule has 4 heteroatoms. The molecule has 0 aliphatic heterocycles. The van der Waals surface area contributed by atoms with E-state index in [-0.39, 0.29) is 0 Å². The average molecular weight is 324 g/mol. The van der Waals surface area contributed by atoms with Gasteiger partial charge in [-0.2, -0.15) is 0 Å². The number of benzene rings is 2. The summed E-state index contributed by atoms with van der Waals surface area (Å²) in [7, 11) is 0. The maximum absolute atomic E-state index is 10.3. The van der Waals surface area contributed by atoms with Crippen LogP contribution in [0.5, 0.6) is 5.75 Å². The molecule has 0 aliphatic carbocycles. The molecule has 0 bridgehead atoms. The molecule has 0 radical (unpaired) electrons. The van der Waals surface area contributed by atoms with Gasteiger partial charge in [-0.05, 0) is 55.7 Å². The molecule has 3 rings (SSSR count). The number of para-hydroxylation sites is 2. The number of fused-ring (bicyclic) bond motifs is 1. The molecule has 126 valence electrons. The van der Waals surface area contributed by atoms with Crippen LogP contribution in [-0.2, 0) is 6.54 Å². The van der Waals surface area contributed by atoms with Crippen molar-refractivity contribution >= 4 is 11.0 Å². The van der Waals surface area contributed by atoms with E-state index < -0.39 is 6.10 Å². The largest absolute Gasteiger partial charge is 0.492 e. The number of aromatic nitrogens is 2. The topological polar surface area (TPSA) is 47.3 Å². The number of imidazole rings is 1. The van der Waals surface area contributed by atoms with Gasteiger partial charge in [0, 0.05) is 0 Å². The summed E-state index contributed by atoms with van der Waals surface area (Å²) in [5.74, 6) is 1.59. The Labute approximate surface area is 142 Å². The van der Waals surface area contributed by atoms with Gasteiger partial charge in [0.2, 0.25) is 0 Å². The number of aryl methyl sites for hydroxylation is 2. The van der Waals surface area contributed by atoms with Gasteiger partial charge in [-0.1, -0.05) is 25.1 Å². The van der Waals surface area contributed by atoms with Crippen molar-refractivity contribution in [3.05, 3.63) is 59.4 Å². The van der Waals surface area contributed by atoms with Crippen molar-refractivity contribution in [3.63, 3.8) is 0 Å². The second kappa shape index (κ2) is 7.05. The molecule has 0 saturated heterocycles. The first kappa shape index (κ1) is 16.5. The first-order chi connectivity index (χ1) is 11.6. The summed E-state index contributed by atoms with van der Waals surface area (Å²) in [6.45, 7) is 7.32. The van der Waals surface area contributed by atoms with Crippen LogP contribution in [0.25, 0.3) is 11.0 Å². The molecule has 24 heavy (non-hydrogen) atoms. The van der Waals surface area contributed by atoms with Crippen molar-refractivity contribution in [1.82, 2.24) is 9.55 Å². The zero-order valence-corrected chi connectivity index (χ0v) is 14.5. The van der Waals surface area contributed by atoms with Gasteiger partial charge in [0.25, 0.3) is 0 Å². The number of aliphatic hydroxyl groups excluding tert-OH is 1. The van der Waals surface area contributed by atoms with Crippen LogP contribution in [0.3, 0.4) is 0 Å². The lowest BCUT2D eigenvalue weighted by atomic mass is 10.1. The zero-order chi connectivity index (χ0) is 17.1. The first-order valence-corrected chi connectivity index (χ1v) is 8.43. The third-order valence-electron chi connectivity index (χ3n) is 4.43. The monoisotopic (exact) mass is 324 g/mol. The first-order valence-electron chi connectivity index (χ1n) is 8.43. The second-order valence-electron chi connectivity index (χ2n) is 6.13. The van der Waals surface area contributed by atoms with Crippen molar-refractivity contribution in [2.75, 3.05) is 6.61 Å². The fourth-order valence-electron chi connectivity index (χ4n) is 2.82. The average Bonchev–Trinajstić information content (AvgIpc) is 2.96. The Morgan fingerprint density at radius 3 is 2.67 bits per heavy atom. The van der Waals surface area contributed by atoms with Gasteiger partial charge in [-0.15, -0.1) is 0 Å². The quantitative estimate of drug-likeness (QED) is 0.740. The van der Waals surface area contributed by atoms with Crippen LogP contribution in [0, 0.1) is 13.8 Å². The number of nitrogens with zero attached hydrogens (tertiary/aromatic N) is 2. The highest BCUT2D eigenvalue weighted by Gasteiger charge is 2.16. The minimum Gasteiger partial charge on any atom is -0.492 e. The van der Waals surface area contributed by atoms with Crippen LogP contribution in [-0.4, -0.2) is 21.3 Å². The van der Waals surface area contributed by atoms with Crippen LogP contribution in [0.15, 0.2) is 42.5 Å². The number of hydrogen-bond donors (Lipinski definition) is 1. The van der Waals surface area contributed by atoms with Crippen molar-refractivity contribution in [2.24, 2.45) is 0 Å². The third-order valence-corrected chi connectivity index (χ3v) is 4.43. The number of aliphatic hydroxyl groups is 1. The Balaban J connectivity index is 1.79. The van der Waals surface area contributed by atoms with E-state index >= 15 is 0 Å². The highest BCUT2D eigenvalue weighted by molar-refractivity contribution is 5.76. The molecule has 4 nitrogen and oxygen atoms in total. The summed E-state index contributed by atoms with van der Waals surface area (Å²) < 4.78 is 7.96. The molecule has 1 N–H and O–H groups in total. The van der Waals surface area contributed by atoms with Gasteiger partial charge in [-0.25, -0.2) is 4.98 Å². The van der Waals surface area contributed by atoms with Crippen LogP contribution >= 0.6 is 0 Å². The molecular formula is C20H24N2O2. The van der Waals surface area contributed by atoms with Gasteiger partial charge >= 0.3 is 0 Å². The maximum atomic E-state index is 10.3. The Bertz CT molecular complexity index is 839. The fraction of sp³-hybridized carbons (Fsp3) is 0.350. The lowest BCUT2D eigenvalue weighted by Crippen LogP contribution is -2.13. The van der Waals surface area contributed by atoms with E-state index in [9.17, 15) is 5.11 Å². The van der Waals surface area contributed by atoms with Crippen molar-refractivity contribution in [1.29, 1.82) is 0 Å². The summed E-state index contributed by atoms with van der Waals surface area (Å²) in [4.78, 5) is 4.59. The van der Waals surface area contributed by atoms with Gasteiger partial charge in [0.15, 0.2) is 0 Å². The molecule has 0 unspecified atom stereocenters. The number of ether oxygens (including phenoxy) is 1. The highest BCUT2D eigenvalue weighted by Crippen LogP contribution is 2.23. The molecule has 0 aliphatic rings. The summed E-state index contributed by atoms with van der Waals surface area (Å²) >= 11 is 0. The third kappa shape index (κ3) is 3.29. The van der Waals surface area contributed by atoms with E-state index in [2.05, 4.69) is 35.5 Å². The standard InChI is InChI=1S/C20H24N2O2/c1-4-19(23)20-21-17-7-5-6-8-18(17)22(20)11-12-24-16-10-9-14(2)15(3)13-16/h5-10,13,19,23H,4,11-12H2,1-3H3/t19-/m1/s1. The maximum Gasteiger partial charge on any atom is 0.138 e. The van der Waals surface area contributed by atoms with Crippen molar-refractivity contribution in [2.45, 2.75) is 39.8 Å². The van der Waals surface area contributed by atoms with Gasteiger partial charge in [0.1, 0.15) is 24.3 Å². The molecule has 1 heterocycles. The molecule has 0 amide bonds. The van der Waals surface area contributed by atoms with Crippen LogP contribution in [0.4, 0.5) is 0 Å². The Hall–Kier alpha value is -2.33. The fourth-order valence-corrected chi connectivity index (χ4v) is 2.82. The molecule has 0 saturated carbocycles. The Kier molecular flexibility index (Phi) is 4.86. The van der Waals surface area contributed by atoms with Gasteiger partial charge in [0.05, 0.1) is 17.6 Å². The van der Waals surface area contributed by atoms with E-state index in [4.69, 9.17) is 4.74 Å². The van der Waals surface area contributed by atoms with Crippen molar-refractivity contribution < 1.29 is 9.84 Å². The smallest absolute Gasteiger partial charge is 0.138 e. The lowest BCUT2D eigenvalue weighted by molar-refractivity contribution is 0.157. The molecule has 2 aromatic carbocycles. The lowest BCUT2D eigenvalue weighted by Gasteiger charge is -2.14. The van der Waals surface area contributed by atoms with E-state index in [0.29, 0.717) is 25.4 Å².